The van der Waals surface area contributed by atoms with Crippen molar-refractivity contribution in [1.29, 1.82) is 0 Å². The van der Waals surface area contributed by atoms with E-state index >= 15 is 0 Å². The van der Waals surface area contributed by atoms with E-state index in [1.807, 2.05) is 49.2 Å². The van der Waals surface area contributed by atoms with Crippen LogP contribution < -0.4 is 51.4 Å². The molecule has 0 aliphatic heterocycles. The molecule has 4 unspecified atom stereocenters. The summed E-state index contributed by atoms with van der Waals surface area (Å²) in [4.78, 5) is 88.0. The molecule has 0 aliphatic rings. The molecule has 10 atom stereocenters. The summed E-state index contributed by atoms with van der Waals surface area (Å²) in [6.45, 7) is 62.5. The highest BCUT2D eigenvalue weighted by atomic mass is 16.6. The maximum Gasteiger partial charge on any atom is 0.341 e. The van der Waals surface area contributed by atoms with E-state index in [1.165, 1.54) is 18.2 Å². The first kappa shape index (κ1) is 137. The first-order chi connectivity index (χ1) is 71.0. The summed E-state index contributed by atoms with van der Waals surface area (Å²) in [6.07, 6.45) is 16.8. The molecular formula is C119H200N10O20. The number of phenols is 2. The lowest BCUT2D eigenvalue weighted by molar-refractivity contribution is 0.0269. The Balaban J connectivity index is 0.000000894. The monoisotopic (exact) mass is 2090 g/mol. The number of hydrogen-bond acceptors (Lipinski definition) is 30. The smallest absolute Gasteiger partial charge is 0.341 e. The van der Waals surface area contributed by atoms with Crippen molar-refractivity contribution in [2.75, 3.05) is 184 Å². The Morgan fingerprint density at radius 3 is 0.846 bits per heavy atom. The molecule has 0 radical (unpaired) electrons. The van der Waals surface area contributed by atoms with Gasteiger partial charge in [-0.1, -0.05) is 224 Å². The number of rotatable bonds is 65. The van der Waals surface area contributed by atoms with Crippen LogP contribution in [0.25, 0.3) is 0 Å². The lowest BCUT2D eigenvalue weighted by Crippen LogP contribution is -2.43. The largest absolute Gasteiger partial charge is 0.508 e. The topological polar surface area (TPSA) is 377 Å². The molecular weight excluding hydrogens is 1890 g/mol. The minimum Gasteiger partial charge on any atom is -0.508 e. The minimum absolute atomic E-state index is 0.0356. The molecule has 149 heavy (non-hydrogen) atoms. The third-order valence-electron chi connectivity index (χ3n) is 26.6. The maximum absolute atomic E-state index is 12.6. The average Bonchev–Trinajstić information content (AvgIpc) is 0.813. The number of nitrogens with zero attached hydrogens (tertiary/aromatic N) is 6. The van der Waals surface area contributed by atoms with E-state index < -0.39 is 11.9 Å². The van der Waals surface area contributed by atoms with Gasteiger partial charge in [0.2, 0.25) is 0 Å². The number of likely N-dealkylation sites (N-methyl/N-ethyl adjacent to an activating group) is 6. The molecule has 0 heterocycles. The molecule has 6 rings (SSSR count). The van der Waals surface area contributed by atoms with Crippen LogP contribution in [0.5, 0.6) is 46.0 Å². The second-order valence-electron chi connectivity index (χ2n) is 39.8. The Morgan fingerprint density at radius 2 is 0.550 bits per heavy atom. The number of ether oxygens (including phenoxy) is 12. The second-order valence-corrected chi connectivity index (χ2v) is 39.8. The van der Waals surface area contributed by atoms with Gasteiger partial charge >= 0.3 is 35.8 Å². The predicted molar refractivity (Wildman–Crippen MR) is 608 cm³/mol. The lowest BCUT2D eigenvalue weighted by atomic mass is 9.98. The Kier molecular flexibility index (Phi) is 72.0. The van der Waals surface area contributed by atoms with E-state index in [0.717, 1.165) is 148 Å². The molecule has 0 saturated carbocycles. The van der Waals surface area contributed by atoms with Crippen LogP contribution >= 0.6 is 0 Å². The van der Waals surface area contributed by atoms with Crippen LogP contribution in [0.2, 0.25) is 0 Å². The number of aromatic hydroxyl groups is 2. The van der Waals surface area contributed by atoms with Crippen molar-refractivity contribution >= 4 is 58.6 Å². The zero-order valence-electron chi connectivity index (χ0n) is 97.3. The summed E-state index contributed by atoms with van der Waals surface area (Å²) < 4.78 is 67.2. The fourth-order valence-electron chi connectivity index (χ4n) is 16.2. The van der Waals surface area contributed by atoms with Crippen molar-refractivity contribution in [3.8, 4) is 46.0 Å². The van der Waals surface area contributed by atoms with Gasteiger partial charge in [0, 0.05) is 54.1 Å². The molecule has 30 heteroatoms. The zero-order chi connectivity index (χ0) is 112. The first-order valence-corrected chi connectivity index (χ1v) is 55.3. The van der Waals surface area contributed by atoms with E-state index in [2.05, 4.69) is 189 Å². The van der Waals surface area contributed by atoms with Crippen LogP contribution in [0.3, 0.4) is 0 Å². The van der Waals surface area contributed by atoms with Gasteiger partial charge in [0.05, 0.1) is 79.0 Å². The summed E-state index contributed by atoms with van der Waals surface area (Å²) in [6, 6.07) is 30.5. The van der Waals surface area contributed by atoms with Crippen LogP contribution in [-0.4, -0.2) is 273 Å². The van der Waals surface area contributed by atoms with Crippen molar-refractivity contribution in [2.24, 2.45) is 35.5 Å². The van der Waals surface area contributed by atoms with Gasteiger partial charge in [-0.3, -0.25) is 14.7 Å². The van der Waals surface area contributed by atoms with Gasteiger partial charge in [-0.05, 0) is 265 Å². The number of anilines is 4. The standard InChI is InChI=1S/C21H36N2O3.C21H35NO4.C20H34N2O3.2C19H32N2O3.C19H31NO4/c1-6-9-12-25-20-14-17(22)10-11-19(20)21(24)26-15-18(13-16(4)5)23(7-2)8-3;1-6-9-12-25-20-14-18(23)10-11-19(20)21(24)26-15-17(13-16(4)5)22(7-2)8-3;1-6-12-24-19-13-16(10-11-17(19)21)20(23)25-14-18(15(5)7-2)22(8-3)9-4;2*1-6-8-11-23-18-12-15(9-10-16(18)20)19(22)24-13-17(21(4)5)14(3)7-2;1-6-8-11-23-18-12-15(9-10-17(18)21)19(22)24-13-16(20(4)5)14(3)7-2/h10-11,14,16,18H,6-9,12-13,15,22H2,1-5H3;10-11,14,16-17,23H,6-9,12-13,15H2,1-5H3;10-11,13,15,18H,6-9,12,14,21H2,1-5H3;2*9-10,12,14,17H,6-8,11,13,20H2,1-5H3;9-10,12,14,16,21H,6-8,11,13H2,1-5H3/t18-;17-;15?,18-;2*14?,17-;14?,16-/m010100/s1. The zero-order valence-corrected chi connectivity index (χ0v) is 97.3. The van der Waals surface area contributed by atoms with Gasteiger partial charge in [-0.15, -0.1) is 0 Å². The third-order valence-corrected chi connectivity index (χ3v) is 26.6. The summed E-state index contributed by atoms with van der Waals surface area (Å²) >= 11 is 0. The molecule has 0 aromatic heterocycles. The number of carbonyl (C=O) groups excluding carboxylic acids is 6. The lowest BCUT2D eigenvalue weighted by Gasteiger charge is -2.33. The van der Waals surface area contributed by atoms with Gasteiger partial charge < -0.3 is 105 Å². The van der Waals surface area contributed by atoms with Crippen LogP contribution in [0, 0.1) is 35.5 Å². The number of phenolic OH excluding ortho intramolecular Hbond substituents is 2. The highest BCUT2D eigenvalue weighted by molar-refractivity contribution is 5.95. The van der Waals surface area contributed by atoms with Crippen molar-refractivity contribution < 1.29 is 95.8 Å². The minimum atomic E-state index is -0.405. The van der Waals surface area contributed by atoms with Crippen LogP contribution in [0.1, 0.15) is 337 Å². The van der Waals surface area contributed by atoms with Crippen LogP contribution in [0.4, 0.5) is 22.7 Å². The highest BCUT2D eigenvalue weighted by Gasteiger charge is 2.30. The van der Waals surface area contributed by atoms with Crippen molar-refractivity contribution in [2.45, 2.75) is 312 Å². The number of unbranched alkanes of at least 4 members (excludes halogenated alkanes) is 5. The molecule has 0 fully saturated rings. The summed E-state index contributed by atoms with van der Waals surface area (Å²) in [5, 5.41) is 19.5. The van der Waals surface area contributed by atoms with E-state index in [-0.39, 0.29) is 71.6 Å². The van der Waals surface area contributed by atoms with Gasteiger partial charge in [0.15, 0.2) is 11.5 Å². The molecule has 846 valence electrons. The molecule has 0 aliphatic carbocycles. The number of nitrogen functional groups attached to an aromatic ring is 4. The van der Waals surface area contributed by atoms with Crippen LogP contribution in [-0.2, 0) is 28.4 Å². The van der Waals surface area contributed by atoms with Crippen LogP contribution in [0.15, 0.2) is 109 Å². The van der Waals surface area contributed by atoms with E-state index in [0.29, 0.717) is 205 Å². The number of hydrogen-bond donors (Lipinski definition) is 6. The number of benzene rings is 6. The van der Waals surface area contributed by atoms with Crippen molar-refractivity contribution in [3.05, 3.63) is 143 Å². The highest BCUT2D eigenvalue weighted by Crippen LogP contribution is 2.33. The second kappa shape index (κ2) is 78.6. The van der Waals surface area contributed by atoms with Crippen molar-refractivity contribution in [3.63, 3.8) is 0 Å². The summed E-state index contributed by atoms with van der Waals surface area (Å²) in [7, 11) is 12.0. The Morgan fingerprint density at radius 1 is 0.282 bits per heavy atom. The fourth-order valence-corrected chi connectivity index (χ4v) is 16.2. The van der Waals surface area contributed by atoms with Gasteiger partial charge in [-0.25, -0.2) is 28.8 Å². The quantitative estimate of drug-likeness (QED) is 0.00894. The fraction of sp³-hybridized carbons (Fsp3) is 0.647. The SMILES string of the molecule is CCCCOc1cc(C(=O)OC[C@@H](C(C)CC)N(C)C)ccc1N.CCCCOc1cc(C(=O)OC[C@@H](C(C)CC)N(C)C)ccc1O.CCCCOc1cc(C(=O)OC[C@H](C(C)CC)N(C)C)ccc1N.CCCCOc1cc(N)ccc1C(=O)OC[C@H](CC(C)C)N(CC)CC.CCCCOc1cc(O)ccc1C(=O)OC[C@@H](CC(C)C)N(CC)CC.CCCOc1cc(C(=O)OC[C@@H](C(C)CC)N(CC)CC)ccc1N. The summed E-state index contributed by atoms with van der Waals surface area (Å²) in [5.74, 6) is 3.65. The van der Waals surface area contributed by atoms with Crippen molar-refractivity contribution in [1.82, 2.24) is 29.4 Å². The number of carbonyl (C=O) groups is 6. The Labute approximate surface area is 898 Å². The molecule has 10 N–H and O–H groups in total. The molecule has 6 aromatic rings. The third kappa shape index (κ3) is 52.9. The predicted octanol–water partition coefficient (Wildman–Crippen LogP) is 23.7. The normalized spacial score (nSPS) is 13.2. The molecule has 0 saturated heterocycles. The Bertz CT molecular complexity index is 4320. The van der Waals surface area contributed by atoms with Gasteiger partial charge in [0.1, 0.15) is 85.3 Å². The molecule has 30 nitrogen and oxygen atoms in total. The van der Waals surface area contributed by atoms with E-state index in [9.17, 15) is 39.0 Å². The molecule has 6 aromatic carbocycles. The number of esters is 6. The van der Waals surface area contributed by atoms with Gasteiger partial charge in [-0.2, -0.15) is 0 Å². The maximum atomic E-state index is 12.6. The first-order valence-electron chi connectivity index (χ1n) is 55.3. The van der Waals surface area contributed by atoms with E-state index in [1.54, 1.807) is 91.0 Å². The Hall–Kier alpha value is -10.5. The molecule has 0 spiro atoms. The average molecular weight is 2090 g/mol. The van der Waals surface area contributed by atoms with E-state index in [4.69, 9.17) is 79.8 Å². The molecule has 0 amide bonds. The summed E-state index contributed by atoms with van der Waals surface area (Å²) in [5.41, 5.74) is 28.4. The number of nitrogens with two attached hydrogens (primary N) is 4. The molecule has 0 bridgehead atoms. The van der Waals surface area contributed by atoms with Gasteiger partial charge in [0.25, 0.3) is 0 Å².